The van der Waals surface area contributed by atoms with Crippen LogP contribution in [-0.2, 0) is 19.7 Å². The van der Waals surface area contributed by atoms with Gasteiger partial charge in [0.15, 0.2) is 26.0 Å². The first-order valence-corrected chi connectivity index (χ1v) is 19.9. The lowest BCUT2D eigenvalue weighted by Gasteiger charge is -2.16. The molecule has 3 aromatic carbocycles. The second-order valence-electron chi connectivity index (χ2n) is 11.6. The van der Waals surface area contributed by atoms with E-state index >= 15 is 0 Å². The summed E-state index contributed by atoms with van der Waals surface area (Å²) in [7, 11) is -6.85. The zero-order valence-corrected chi connectivity index (χ0v) is 28.4. The molecule has 0 atom stereocenters. The van der Waals surface area contributed by atoms with Gasteiger partial charge in [0, 0.05) is 32.6 Å². The van der Waals surface area contributed by atoms with Crippen molar-refractivity contribution in [1.29, 1.82) is 0 Å². The molecular weight excluding hydrogens is 627 g/mol. The number of hydrogen-bond donors (Lipinski definition) is 0. The van der Waals surface area contributed by atoms with Crippen molar-refractivity contribution in [2.24, 2.45) is 0 Å². The van der Waals surface area contributed by atoms with E-state index in [0.29, 0.717) is 36.3 Å². The highest BCUT2D eigenvalue weighted by molar-refractivity contribution is 7.91. The van der Waals surface area contributed by atoms with Crippen LogP contribution in [0.1, 0.15) is 62.7 Å². The molecule has 240 valence electrons. The molecule has 0 bridgehead atoms. The van der Waals surface area contributed by atoms with Crippen LogP contribution in [0.25, 0.3) is 31.7 Å². The summed E-state index contributed by atoms with van der Waals surface area (Å²) in [5.41, 5.74) is 2.75. The van der Waals surface area contributed by atoms with Gasteiger partial charge in [-0.1, -0.05) is 44.9 Å². The lowest BCUT2D eigenvalue weighted by Crippen LogP contribution is -2.25. The van der Waals surface area contributed by atoms with Crippen molar-refractivity contribution in [2.75, 3.05) is 37.7 Å². The number of fused-ring (bicyclic) bond motifs is 1. The summed E-state index contributed by atoms with van der Waals surface area (Å²) >= 11 is 1.44. The molecule has 1 aliphatic rings. The monoisotopic (exact) mass is 667 g/mol. The topological polar surface area (TPSA) is 97.8 Å². The second kappa shape index (κ2) is 14.6. The first kappa shape index (κ1) is 33.3. The molecule has 0 saturated carbocycles. The lowest BCUT2D eigenvalue weighted by molar-refractivity contribution is 0.112. The Morgan fingerprint density at radius 3 is 2.11 bits per heavy atom. The fourth-order valence-corrected chi connectivity index (χ4v) is 9.97. The molecule has 0 N–H and O–H groups in total. The van der Waals surface area contributed by atoms with E-state index < -0.39 is 19.7 Å². The second-order valence-corrected chi connectivity index (χ2v) is 16.9. The molecule has 0 radical (unpaired) electrons. The number of carbonyl (C=O) groups excluding carboxylic acids is 1. The Kier molecular flexibility index (Phi) is 10.8. The minimum Gasteiger partial charge on any atom is -0.492 e. The van der Waals surface area contributed by atoms with Crippen LogP contribution in [-0.4, -0.2) is 65.8 Å². The van der Waals surface area contributed by atoms with Gasteiger partial charge in [-0.25, -0.2) is 16.8 Å². The van der Waals surface area contributed by atoms with E-state index in [4.69, 9.17) is 4.74 Å². The lowest BCUT2D eigenvalue weighted by atomic mass is 9.95. The Hall–Kier alpha value is -3.05. The highest BCUT2D eigenvalue weighted by Crippen LogP contribution is 2.47. The van der Waals surface area contributed by atoms with Crippen molar-refractivity contribution in [2.45, 2.75) is 62.2 Å². The van der Waals surface area contributed by atoms with E-state index in [1.807, 2.05) is 26.0 Å². The molecule has 45 heavy (non-hydrogen) atoms. The third-order valence-electron chi connectivity index (χ3n) is 8.33. The average molecular weight is 668 g/mol. The Morgan fingerprint density at radius 1 is 0.822 bits per heavy atom. The Morgan fingerprint density at radius 2 is 1.47 bits per heavy atom. The number of hydrogen-bond acceptors (Lipinski definition) is 8. The van der Waals surface area contributed by atoms with Crippen molar-refractivity contribution < 1.29 is 26.4 Å². The first-order chi connectivity index (χ1) is 21.7. The zero-order valence-electron chi connectivity index (χ0n) is 26.0. The number of carbonyl (C=O) groups is 1. The molecule has 1 fully saturated rings. The standard InChI is InChI=1S/C35H41NO6S3/c1-3-5-21-44(38,39)29-13-10-26(11-14-29)35-34(31-16-15-30(24-33(31)43-35)45(40,41)22-6-4-2)32-23-28(12-9-27(32)25-37)42-20-19-36-17-7-8-18-36/h9-16,23-25H,3-8,17-22H2,1-2H3. The van der Waals surface area contributed by atoms with Crippen LogP contribution in [0, 0.1) is 0 Å². The van der Waals surface area contributed by atoms with Crippen LogP contribution in [0.4, 0.5) is 0 Å². The fraction of sp³-hybridized carbons (Fsp3) is 0.400. The Bertz CT molecular complexity index is 1860. The maximum Gasteiger partial charge on any atom is 0.178 e. The number of ether oxygens (including phenoxy) is 1. The van der Waals surface area contributed by atoms with Gasteiger partial charge in [-0.2, -0.15) is 0 Å². The molecule has 4 aromatic rings. The van der Waals surface area contributed by atoms with E-state index in [1.54, 1.807) is 48.5 Å². The fourth-order valence-electron chi connectivity index (χ4n) is 5.70. The summed E-state index contributed by atoms with van der Waals surface area (Å²) in [6.45, 7) is 7.45. The van der Waals surface area contributed by atoms with Crippen LogP contribution in [0.5, 0.6) is 5.75 Å². The highest BCUT2D eigenvalue weighted by Gasteiger charge is 2.23. The average Bonchev–Trinajstić information content (AvgIpc) is 3.70. The number of rotatable bonds is 15. The maximum absolute atomic E-state index is 13.1. The minimum atomic E-state index is -3.45. The van der Waals surface area contributed by atoms with Crippen molar-refractivity contribution in [1.82, 2.24) is 4.90 Å². The summed E-state index contributed by atoms with van der Waals surface area (Å²) < 4.78 is 58.8. The molecule has 0 aliphatic carbocycles. The predicted molar refractivity (Wildman–Crippen MR) is 183 cm³/mol. The molecule has 1 saturated heterocycles. The van der Waals surface area contributed by atoms with E-state index in [1.165, 1.54) is 24.2 Å². The number of sulfone groups is 2. The maximum atomic E-state index is 13.1. The first-order valence-electron chi connectivity index (χ1n) is 15.7. The van der Waals surface area contributed by atoms with Crippen LogP contribution < -0.4 is 4.74 Å². The Labute approximate surface area is 271 Å². The predicted octanol–water partition coefficient (Wildman–Crippen LogP) is 7.67. The number of unbranched alkanes of at least 4 members (excludes halogenated alkanes) is 2. The smallest absolute Gasteiger partial charge is 0.178 e. The SMILES string of the molecule is CCCCS(=O)(=O)c1ccc(-c2sc3cc(S(=O)(=O)CCCC)ccc3c2-c2cc(OCCN3CCCC3)ccc2C=O)cc1. The van der Waals surface area contributed by atoms with E-state index in [9.17, 15) is 21.6 Å². The van der Waals surface area contributed by atoms with Crippen molar-refractivity contribution in [3.63, 3.8) is 0 Å². The molecule has 7 nitrogen and oxygen atoms in total. The van der Waals surface area contributed by atoms with Crippen LogP contribution in [0.2, 0.25) is 0 Å². The van der Waals surface area contributed by atoms with Crippen LogP contribution in [0.15, 0.2) is 70.5 Å². The molecule has 10 heteroatoms. The van der Waals surface area contributed by atoms with E-state index in [0.717, 1.165) is 64.9 Å². The van der Waals surface area contributed by atoms with Gasteiger partial charge >= 0.3 is 0 Å². The van der Waals surface area contributed by atoms with Gasteiger partial charge in [0.25, 0.3) is 0 Å². The van der Waals surface area contributed by atoms with Crippen molar-refractivity contribution >= 4 is 47.4 Å². The zero-order chi connectivity index (χ0) is 32.0. The normalized spacial score (nSPS) is 14.3. The number of likely N-dealkylation sites (tertiary alicyclic amines) is 1. The summed E-state index contributed by atoms with van der Waals surface area (Å²) in [5, 5.41) is 0.821. The molecule has 2 heterocycles. The van der Waals surface area contributed by atoms with Gasteiger partial charge in [0.1, 0.15) is 12.4 Å². The molecule has 0 unspecified atom stereocenters. The van der Waals surface area contributed by atoms with Gasteiger partial charge in [-0.15, -0.1) is 11.3 Å². The van der Waals surface area contributed by atoms with Crippen LogP contribution in [0.3, 0.4) is 0 Å². The summed E-state index contributed by atoms with van der Waals surface area (Å²) in [6.07, 6.45) is 5.99. The molecule has 0 amide bonds. The third-order valence-corrected chi connectivity index (χ3v) is 13.1. The molecule has 0 spiro atoms. The molecule has 1 aliphatic heterocycles. The van der Waals surface area contributed by atoms with Gasteiger partial charge in [0.05, 0.1) is 21.3 Å². The number of benzene rings is 3. The number of nitrogens with zero attached hydrogens (tertiary/aromatic N) is 1. The largest absolute Gasteiger partial charge is 0.492 e. The minimum absolute atomic E-state index is 0.0835. The van der Waals surface area contributed by atoms with Crippen molar-refractivity contribution in [3.8, 4) is 27.3 Å². The van der Waals surface area contributed by atoms with E-state index in [-0.39, 0.29) is 21.3 Å². The summed E-state index contributed by atoms with van der Waals surface area (Å²) in [5.74, 6) is 0.830. The highest BCUT2D eigenvalue weighted by atomic mass is 32.2. The van der Waals surface area contributed by atoms with Crippen LogP contribution >= 0.6 is 11.3 Å². The quantitative estimate of drug-likeness (QED) is 0.120. The van der Waals surface area contributed by atoms with Gasteiger partial charge in [-0.05, 0) is 92.4 Å². The number of thiophene rings is 1. The van der Waals surface area contributed by atoms with E-state index in [2.05, 4.69) is 4.90 Å². The number of aldehydes is 1. The van der Waals surface area contributed by atoms with Gasteiger partial charge < -0.3 is 4.74 Å². The molecule has 5 rings (SSSR count). The molecule has 1 aromatic heterocycles. The van der Waals surface area contributed by atoms with Crippen molar-refractivity contribution in [3.05, 3.63) is 66.2 Å². The summed E-state index contributed by atoms with van der Waals surface area (Å²) in [6, 6.07) is 17.5. The summed E-state index contributed by atoms with van der Waals surface area (Å²) in [4.78, 5) is 16.1. The van der Waals surface area contributed by atoms with Gasteiger partial charge in [-0.3, -0.25) is 9.69 Å². The molecular formula is C35H41NO6S3. The third kappa shape index (κ3) is 7.68. The Balaban J connectivity index is 1.61. The van der Waals surface area contributed by atoms with Gasteiger partial charge in [0.2, 0.25) is 0 Å².